The maximum absolute atomic E-state index is 12.6. The third-order valence-corrected chi connectivity index (χ3v) is 7.68. The summed E-state index contributed by atoms with van der Waals surface area (Å²) in [5.41, 5.74) is 1.18. The van der Waals surface area contributed by atoms with Crippen molar-refractivity contribution in [2.45, 2.75) is 4.58 Å². The lowest BCUT2D eigenvalue weighted by Crippen LogP contribution is -2.50. The third-order valence-electron chi connectivity index (χ3n) is 4.61. The summed E-state index contributed by atoms with van der Waals surface area (Å²) in [5, 5.41) is 0. The van der Waals surface area contributed by atoms with Crippen LogP contribution >= 0.6 is 23.5 Å². The van der Waals surface area contributed by atoms with Crippen LogP contribution < -0.4 is 9.64 Å². The summed E-state index contributed by atoms with van der Waals surface area (Å²) in [6, 6.07) is 9.88. The molecule has 0 aliphatic carbocycles. The summed E-state index contributed by atoms with van der Waals surface area (Å²) in [7, 11) is 0. The standard InChI is InChI=1S/C19H22N4O2S2/c24-17(22-8-10-23(11-9-22)19-20-6-3-7-21-19)14-25-16-5-2-1-4-15(16)18-26-12-13-27-18/h1-7,18H,8-14H2. The fourth-order valence-electron chi connectivity index (χ4n) is 3.19. The van der Waals surface area contributed by atoms with Crippen LogP contribution in [0.2, 0.25) is 0 Å². The van der Waals surface area contributed by atoms with E-state index in [9.17, 15) is 4.79 Å². The summed E-state index contributed by atoms with van der Waals surface area (Å²) < 4.78 is 6.33. The second-order valence-electron chi connectivity index (χ2n) is 6.32. The van der Waals surface area contributed by atoms with Gasteiger partial charge < -0.3 is 14.5 Å². The Hall–Kier alpha value is -1.93. The van der Waals surface area contributed by atoms with Crippen LogP contribution in [0.5, 0.6) is 5.75 Å². The molecule has 1 amide bonds. The lowest BCUT2D eigenvalue weighted by Gasteiger charge is -2.34. The SMILES string of the molecule is O=C(COc1ccccc1C1SCCS1)N1CCN(c2ncccn2)CC1. The largest absolute Gasteiger partial charge is 0.483 e. The Bertz CT molecular complexity index is 763. The first kappa shape index (κ1) is 18.4. The van der Waals surface area contributed by atoms with Gasteiger partial charge in [0, 0.05) is 55.6 Å². The first-order valence-corrected chi connectivity index (χ1v) is 11.2. The van der Waals surface area contributed by atoms with Crippen molar-refractivity contribution in [3.8, 4) is 5.75 Å². The highest BCUT2D eigenvalue weighted by Crippen LogP contribution is 2.48. The monoisotopic (exact) mass is 402 g/mol. The predicted octanol–water partition coefficient (Wildman–Crippen LogP) is 2.68. The van der Waals surface area contributed by atoms with Gasteiger partial charge in [-0.2, -0.15) is 0 Å². The average molecular weight is 403 g/mol. The van der Waals surface area contributed by atoms with Crippen LogP contribution in [0.4, 0.5) is 5.95 Å². The Balaban J connectivity index is 1.31. The maximum atomic E-state index is 12.6. The van der Waals surface area contributed by atoms with Gasteiger partial charge in [0.2, 0.25) is 5.95 Å². The van der Waals surface area contributed by atoms with Gasteiger partial charge in [0.05, 0.1) is 4.58 Å². The van der Waals surface area contributed by atoms with E-state index in [-0.39, 0.29) is 12.5 Å². The van der Waals surface area contributed by atoms with E-state index in [1.807, 2.05) is 46.6 Å². The van der Waals surface area contributed by atoms with E-state index in [2.05, 4.69) is 20.9 Å². The molecule has 0 atom stereocenters. The summed E-state index contributed by atoms with van der Waals surface area (Å²) in [5.74, 6) is 3.91. The van der Waals surface area contributed by atoms with Gasteiger partial charge in [-0.15, -0.1) is 23.5 Å². The summed E-state index contributed by atoms with van der Waals surface area (Å²) in [4.78, 5) is 25.1. The maximum Gasteiger partial charge on any atom is 0.260 e. The molecule has 2 fully saturated rings. The topological polar surface area (TPSA) is 58.6 Å². The first-order valence-electron chi connectivity index (χ1n) is 9.06. The van der Waals surface area contributed by atoms with E-state index in [0.717, 1.165) is 36.3 Å². The van der Waals surface area contributed by atoms with Crippen molar-refractivity contribution >= 4 is 35.4 Å². The predicted molar refractivity (Wildman–Crippen MR) is 110 cm³/mol. The molecule has 1 aromatic heterocycles. The molecule has 4 rings (SSSR count). The quantitative estimate of drug-likeness (QED) is 0.762. The van der Waals surface area contributed by atoms with Crippen molar-refractivity contribution < 1.29 is 9.53 Å². The molecule has 2 aromatic rings. The third kappa shape index (κ3) is 4.50. The number of rotatable bonds is 5. The van der Waals surface area contributed by atoms with Crippen LogP contribution in [0.3, 0.4) is 0 Å². The fraction of sp³-hybridized carbons (Fsp3) is 0.421. The van der Waals surface area contributed by atoms with Gasteiger partial charge >= 0.3 is 0 Å². The van der Waals surface area contributed by atoms with E-state index < -0.39 is 0 Å². The van der Waals surface area contributed by atoms with Crippen LogP contribution in [-0.2, 0) is 4.79 Å². The van der Waals surface area contributed by atoms with Crippen molar-refractivity contribution in [3.05, 3.63) is 48.3 Å². The normalized spacial score (nSPS) is 17.9. The molecule has 0 spiro atoms. The van der Waals surface area contributed by atoms with Crippen molar-refractivity contribution in [2.24, 2.45) is 0 Å². The number of amides is 1. The van der Waals surface area contributed by atoms with E-state index in [1.165, 1.54) is 5.56 Å². The molecule has 0 unspecified atom stereocenters. The molecular formula is C19H22N4O2S2. The lowest BCUT2D eigenvalue weighted by atomic mass is 10.2. The van der Waals surface area contributed by atoms with Gasteiger partial charge in [-0.05, 0) is 12.1 Å². The Morgan fingerprint density at radius 1 is 1.04 bits per heavy atom. The molecule has 0 bridgehead atoms. The highest BCUT2D eigenvalue weighted by Gasteiger charge is 2.24. The number of ether oxygens (including phenoxy) is 1. The van der Waals surface area contributed by atoms with Crippen molar-refractivity contribution in [1.82, 2.24) is 14.9 Å². The van der Waals surface area contributed by atoms with Crippen LogP contribution in [0.1, 0.15) is 10.1 Å². The van der Waals surface area contributed by atoms with Crippen molar-refractivity contribution in [1.29, 1.82) is 0 Å². The number of hydrogen-bond acceptors (Lipinski definition) is 7. The second kappa shape index (κ2) is 8.84. The fourth-order valence-corrected chi connectivity index (χ4v) is 6.09. The number of thioether (sulfide) groups is 2. The molecule has 2 aliphatic heterocycles. The number of hydrogen-bond donors (Lipinski definition) is 0. The zero-order chi connectivity index (χ0) is 18.5. The Morgan fingerprint density at radius 2 is 1.74 bits per heavy atom. The molecule has 0 saturated carbocycles. The van der Waals surface area contributed by atoms with Crippen molar-refractivity contribution in [2.75, 3.05) is 49.2 Å². The van der Waals surface area contributed by atoms with Crippen molar-refractivity contribution in [3.63, 3.8) is 0 Å². The minimum absolute atomic E-state index is 0.0326. The zero-order valence-electron chi connectivity index (χ0n) is 15.0. The molecule has 3 heterocycles. The van der Waals surface area contributed by atoms with Gasteiger partial charge in [0.15, 0.2) is 6.61 Å². The van der Waals surface area contributed by atoms with Gasteiger partial charge in [-0.3, -0.25) is 4.79 Å². The molecule has 1 aromatic carbocycles. The average Bonchev–Trinajstić information content (AvgIpc) is 3.28. The summed E-state index contributed by atoms with van der Waals surface area (Å²) in [6.45, 7) is 2.89. The van der Waals surface area contributed by atoms with E-state index in [1.54, 1.807) is 18.5 Å². The Labute approximate surface area is 167 Å². The van der Waals surface area contributed by atoms with Crippen LogP contribution in [-0.4, -0.2) is 65.1 Å². The van der Waals surface area contributed by atoms with E-state index >= 15 is 0 Å². The Morgan fingerprint density at radius 3 is 2.48 bits per heavy atom. The number of aromatic nitrogens is 2. The molecule has 142 valence electrons. The first-order chi connectivity index (χ1) is 13.3. The van der Waals surface area contributed by atoms with E-state index in [0.29, 0.717) is 17.7 Å². The molecule has 0 radical (unpaired) electrons. The zero-order valence-corrected chi connectivity index (χ0v) is 16.6. The highest BCUT2D eigenvalue weighted by atomic mass is 32.2. The van der Waals surface area contributed by atoms with Crippen LogP contribution in [0.15, 0.2) is 42.7 Å². The molecule has 2 saturated heterocycles. The number of para-hydroxylation sites is 1. The number of nitrogens with zero attached hydrogens (tertiary/aromatic N) is 4. The highest BCUT2D eigenvalue weighted by molar-refractivity contribution is 8.19. The van der Waals surface area contributed by atoms with E-state index in [4.69, 9.17) is 4.74 Å². The van der Waals surface area contributed by atoms with Gasteiger partial charge in [-0.1, -0.05) is 18.2 Å². The molecule has 8 heteroatoms. The minimum Gasteiger partial charge on any atom is -0.483 e. The summed E-state index contributed by atoms with van der Waals surface area (Å²) >= 11 is 3.88. The lowest BCUT2D eigenvalue weighted by molar-refractivity contribution is -0.133. The van der Waals surface area contributed by atoms with Gasteiger partial charge in [-0.25, -0.2) is 9.97 Å². The molecule has 27 heavy (non-hydrogen) atoms. The smallest absolute Gasteiger partial charge is 0.260 e. The van der Waals surface area contributed by atoms with Gasteiger partial charge in [0.25, 0.3) is 5.91 Å². The molecular weight excluding hydrogens is 380 g/mol. The number of anilines is 1. The number of piperazine rings is 1. The summed E-state index contributed by atoms with van der Waals surface area (Å²) in [6.07, 6.45) is 3.48. The number of carbonyl (C=O) groups is 1. The van der Waals surface area contributed by atoms with Crippen LogP contribution in [0, 0.1) is 0 Å². The van der Waals surface area contributed by atoms with Gasteiger partial charge in [0.1, 0.15) is 5.75 Å². The minimum atomic E-state index is 0.0326. The molecule has 2 aliphatic rings. The van der Waals surface area contributed by atoms with Crippen LogP contribution in [0.25, 0.3) is 0 Å². The number of carbonyl (C=O) groups excluding carboxylic acids is 1. The molecule has 0 N–H and O–H groups in total. The Kier molecular flexibility index (Phi) is 6.03. The number of benzene rings is 1. The molecule has 6 nitrogen and oxygen atoms in total. The second-order valence-corrected chi connectivity index (χ2v) is 9.04.